The topological polar surface area (TPSA) is 84.9 Å². The van der Waals surface area contributed by atoms with E-state index in [0.717, 1.165) is 22.9 Å². The molecule has 8 heteroatoms. The van der Waals surface area contributed by atoms with E-state index < -0.39 is 0 Å². The molecule has 0 aliphatic heterocycles. The second-order valence-corrected chi connectivity index (χ2v) is 5.41. The van der Waals surface area contributed by atoms with Crippen molar-refractivity contribution in [1.82, 2.24) is 19.9 Å². The Labute approximate surface area is 121 Å². The number of anilines is 2. The summed E-state index contributed by atoms with van der Waals surface area (Å²) in [5.74, 6) is 1.00. The van der Waals surface area contributed by atoms with Crippen molar-refractivity contribution >= 4 is 23.2 Å². The number of nitrogens with zero attached hydrogens (tertiary/aromatic N) is 4. The molecule has 0 saturated heterocycles. The summed E-state index contributed by atoms with van der Waals surface area (Å²) in [6.45, 7) is 5.50. The molecule has 0 fully saturated rings. The Hall–Kier alpha value is -1.96. The predicted octanol–water partition coefficient (Wildman–Crippen LogP) is 2.08. The molecular weight excluding hydrogens is 276 g/mol. The summed E-state index contributed by atoms with van der Waals surface area (Å²) in [6, 6.07) is 0.293. The maximum Gasteiger partial charge on any atom is 0.322 e. The maximum absolute atomic E-state index is 5.08. The number of aryl methyl sites for hydroxylation is 1. The smallest absolute Gasteiger partial charge is 0.322 e. The molecule has 0 radical (unpaired) electrons. The molecule has 0 amide bonds. The van der Waals surface area contributed by atoms with Crippen molar-refractivity contribution < 1.29 is 4.74 Å². The third-order valence-electron chi connectivity index (χ3n) is 2.42. The van der Waals surface area contributed by atoms with Crippen molar-refractivity contribution in [1.29, 1.82) is 0 Å². The van der Waals surface area contributed by atoms with Crippen LogP contribution in [-0.4, -0.2) is 33.6 Å². The summed E-state index contributed by atoms with van der Waals surface area (Å²) >= 11 is 1.64. The van der Waals surface area contributed by atoms with Gasteiger partial charge in [0.25, 0.3) is 0 Å². The molecule has 0 aliphatic carbocycles. The molecule has 0 aliphatic rings. The molecule has 0 aromatic carbocycles. The molecule has 20 heavy (non-hydrogen) atoms. The summed E-state index contributed by atoms with van der Waals surface area (Å²) in [5.41, 5.74) is 0. The molecule has 0 atom stereocenters. The Morgan fingerprint density at radius 2 is 1.95 bits per heavy atom. The van der Waals surface area contributed by atoms with Gasteiger partial charge in [0.1, 0.15) is 0 Å². The van der Waals surface area contributed by atoms with E-state index in [4.69, 9.17) is 4.74 Å². The second kappa shape index (κ2) is 6.99. The van der Waals surface area contributed by atoms with Gasteiger partial charge in [0.2, 0.25) is 11.9 Å². The van der Waals surface area contributed by atoms with Gasteiger partial charge in [0.15, 0.2) is 0 Å². The van der Waals surface area contributed by atoms with Crippen LogP contribution in [-0.2, 0) is 6.54 Å². The quantitative estimate of drug-likeness (QED) is 0.808. The first-order valence-electron chi connectivity index (χ1n) is 6.40. The molecule has 0 bridgehead atoms. The lowest BCUT2D eigenvalue weighted by Gasteiger charge is -2.08. The average Bonchev–Trinajstić information content (AvgIpc) is 2.88. The van der Waals surface area contributed by atoms with Crippen LogP contribution >= 0.6 is 11.3 Å². The minimum Gasteiger partial charge on any atom is -0.467 e. The number of nitrogens with one attached hydrogen (secondary N) is 2. The third kappa shape index (κ3) is 4.02. The van der Waals surface area contributed by atoms with Gasteiger partial charge >= 0.3 is 6.01 Å². The number of rotatable bonds is 7. The van der Waals surface area contributed by atoms with Gasteiger partial charge in [-0.15, -0.1) is 11.3 Å². The van der Waals surface area contributed by atoms with E-state index in [9.17, 15) is 0 Å². The van der Waals surface area contributed by atoms with Crippen LogP contribution in [0.15, 0.2) is 6.20 Å². The molecule has 2 aromatic rings. The molecule has 7 nitrogen and oxygen atoms in total. The Balaban J connectivity index is 2.05. The zero-order chi connectivity index (χ0) is 14.4. The molecule has 0 spiro atoms. The van der Waals surface area contributed by atoms with Gasteiger partial charge < -0.3 is 15.4 Å². The van der Waals surface area contributed by atoms with Crippen molar-refractivity contribution in [3.8, 4) is 6.01 Å². The molecule has 2 heterocycles. The molecule has 2 aromatic heterocycles. The Kier molecular flexibility index (Phi) is 5.05. The van der Waals surface area contributed by atoms with Crippen LogP contribution in [0, 0.1) is 6.92 Å². The van der Waals surface area contributed by atoms with E-state index in [-0.39, 0.29) is 0 Å². The van der Waals surface area contributed by atoms with E-state index in [1.54, 1.807) is 11.3 Å². The first-order valence-corrected chi connectivity index (χ1v) is 7.22. The molecule has 108 valence electrons. The fraction of sp³-hybridized carbons (Fsp3) is 0.500. The number of aromatic nitrogens is 4. The lowest BCUT2D eigenvalue weighted by molar-refractivity contribution is 0.379. The fourth-order valence-corrected chi connectivity index (χ4v) is 2.23. The fourth-order valence-electron chi connectivity index (χ4n) is 1.50. The highest BCUT2D eigenvalue weighted by Gasteiger charge is 2.07. The monoisotopic (exact) mass is 294 g/mol. The summed E-state index contributed by atoms with van der Waals surface area (Å²) in [4.78, 5) is 18.0. The highest BCUT2D eigenvalue weighted by atomic mass is 32.1. The Morgan fingerprint density at radius 3 is 2.55 bits per heavy atom. The van der Waals surface area contributed by atoms with Crippen LogP contribution in [0.25, 0.3) is 0 Å². The largest absolute Gasteiger partial charge is 0.467 e. The molecule has 2 rings (SSSR count). The number of methoxy groups -OCH3 is 1. The van der Waals surface area contributed by atoms with Gasteiger partial charge in [-0.1, -0.05) is 6.92 Å². The Morgan fingerprint density at radius 1 is 1.20 bits per heavy atom. The van der Waals surface area contributed by atoms with E-state index in [1.165, 1.54) is 7.11 Å². The highest BCUT2D eigenvalue weighted by Crippen LogP contribution is 2.15. The summed E-state index contributed by atoms with van der Waals surface area (Å²) in [5, 5.41) is 7.32. The van der Waals surface area contributed by atoms with E-state index in [2.05, 4.69) is 37.5 Å². The lowest BCUT2D eigenvalue weighted by Crippen LogP contribution is -2.10. The van der Waals surface area contributed by atoms with Crippen LogP contribution < -0.4 is 15.4 Å². The minimum atomic E-state index is 0.293. The van der Waals surface area contributed by atoms with Crippen LogP contribution in [0.5, 0.6) is 6.01 Å². The lowest BCUT2D eigenvalue weighted by atomic mass is 10.5. The van der Waals surface area contributed by atoms with Crippen molar-refractivity contribution in [2.45, 2.75) is 26.8 Å². The number of thiazole rings is 1. The van der Waals surface area contributed by atoms with E-state index in [1.807, 2.05) is 13.1 Å². The number of ether oxygens (including phenoxy) is 1. The summed E-state index contributed by atoms with van der Waals surface area (Å²) in [6.07, 6.45) is 2.85. The zero-order valence-corrected chi connectivity index (χ0v) is 12.6. The van der Waals surface area contributed by atoms with Crippen LogP contribution in [0.2, 0.25) is 0 Å². The zero-order valence-electron chi connectivity index (χ0n) is 11.8. The van der Waals surface area contributed by atoms with Crippen LogP contribution in [0.1, 0.15) is 23.2 Å². The average molecular weight is 294 g/mol. The van der Waals surface area contributed by atoms with Gasteiger partial charge in [-0.05, 0) is 13.3 Å². The van der Waals surface area contributed by atoms with Crippen LogP contribution in [0.3, 0.4) is 0 Å². The van der Waals surface area contributed by atoms with Crippen molar-refractivity contribution in [2.24, 2.45) is 0 Å². The second-order valence-electron chi connectivity index (χ2n) is 4.10. The highest BCUT2D eigenvalue weighted by molar-refractivity contribution is 7.11. The predicted molar refractivity (Wildman–Crippen MR) is 79.3 cm³/mol. The van der Waals surface area contributed by atoms with Gasteiger partial charge in [-0.3, -0.25) is 0 Å². The third-order valence-corrected chi connectivity index (χ3v) is 3.33. The van der Waals surface area contributed by atoms with Gasteiger partial charge in [0.05, 0.1) is 18.7 Å². The number of hydrogen-bond donors (Lipinski definition) is 2. The standard InChI is InChI=1S/C12H18N6OS/c1-4-5-13-10-16-11(18-12(17-10)19-3)15-7-9-6-14-8(2)20-9/h6H,4-5,7H2,1-3H3,(H2,13,15,16,17,18). The first kappa shape index (κ1) is 14.4. The molecular formula is C12H18N6OS. The Bertz CT molecular complexity index is 559. The van der Waals surface area contributed by atoms with Gasteiger partial charge in [-0.25, -0.2) is 4.98 Å². The van der Waals surface area contributed by atoms with Crippen molar-refractivity contribution in [2.75, 3.05) is 24.3 Å². The van der Waals surface area contributed by atoms with Crippen molar-refractivity contribution in [3.05, 3.63) is 16.1 Å². The summed E-state index contributed by atoms with van der Waals surface area (Å²) in [7, 11) is 1.54. The van der Waals surface area contributed by atoms with E-state index in [0.29, 0.717) is 24.5 Å². The molecule has 2 N–H and O–H groups in total. The molecule has 0 unspecified atom stereocenters. The van der Waals surface area contributed by atoms with Crippen molar-refractivity contribution in [3.63, 3.8) is 0 Å². The van der Waals surface area contributed by atoms with Gasteiger partial charge in [0, 0.05) is 17.6 Å². The van der Waals surface area contributed by atoms with Crippen LogP contribution in [0.4, 0.5) is 11.9 Å². The molecule has 0 saturated carbocycles. The minimum absolute atomic E-state index is 0.293. The van der Waals surface area contributed by atoms with E-state index >= 15 is 0 Å². The number of hydrogen-bond acceptors (Lipinski definition) is 8. The summed E-state index contributed by atoms with van der Waals surface area (Å²) < 4.78 is 5.08. The maximum atomic E-state index is 5.08. The van der Waals surface area contributed by atoms with Gasteiger partial charge in [-0.2, -0.15) is 15.0 Å². The first-order chi connectivity index (χ1) is 9.71. The normalized spacial score (nSPS) is 10.3. The SMILES string of the molecule is CCCNc1nc(NCc2cnc(C)s2)nc(OC)n1.